The Morgan fingerprint density at radius 3 is 2.64 bits per heavy atom. The largest absolute Gasteiger partial charge is 0.481 e. The van der Waals surface area contributed by atoms with Crippen LogP contribution in [0.2, 0.25) is 10.0 Å². The molecule has 1 fully saturated rings. The first-order valence-corrected chi connectivity index (χ1v) is 7.84. The molecule has 1 aliphatic rings. The zero-order chi connectivity index (χ0) is 15.4. The highest BCUT2D eigenvalue weighted by Gasteiger charge is 2.31. The van der Waals surface area contributed by atoms with Crippen LogP contribution in [0.3, 0.4) is 0 Å². The van der Waals surface area contributed by atoms with E-state index in [0.29, 0.717) is 15.8 Å². The monoisotopic (exact) mass is 366 g/mol. The van der Waals surface area contributed by atoms with E-state index in [2.05, 4.69) is 5.32 Å². The molecule has 4 nitrogen and oxygen atoms in total. The number of halogens is 3. The molecule has 0 saturated carbocycles. The van der Waals surface area contributed by atoms with E-state index in [-0.39, 0.29) is 24.4 Å². The number of nitrogens with one attached hydrogen (secondary N) is 1. The van der Waals surface area contributed by atoms with Crippen molar-refractivity contribution < 1.29 is 9.53 Å². The van der Waals surface area contributed by atoms with Gasteiger partial charge in [0, 0.05) is 29.2 Å². The van der Waals surface area contributed by atoms with E-state index in [4.69, 9.17) is 27.9 Å². The van der Waals surface area contributed by atoms with E-state index in [1.54, 1.807) is 25.1 Å². The maximum absolute atomic E-state index is 12.5. The quantitative estimate of drug-likeness (QED) is 0.867. The number of amides is 1. The SMILES string of the molecule is CNCC1CCCN1C(=O)C(C)Oc1cc(Cl)cc(Cl)c1.Cl. The minimum Gasteiger partial charge on any atom is -0.481 e. The Morgan fingerprint density at radius 1 is 1.41 bits per heavy atom. The fraction of sp³-hybridized carbons (Fsp3) is 0.533. The van der Waals surface area contributed by atoms with Gasteiger partial charge in [0.2, 0.25) is 0 Å². The molecule has 0 bridgehead atoms. The van der Waals surface area contributed by atoms with E-state index in [1.807, 2.05) is 11.9 Å². The molecule has 0 radical (unpaired) electrons. The molecule has 124 valence electrons. The summed E-state index contributed by atoms with van der Waals surface area (Å²) in [7, 11) is 1.90. The zero-order valence-electron chi connectivity index (χ0n) is 12.6. The lowest BCUT2D eigenvalue weighted by atomic mass is 10.2. The van der Waals surface area contributed by atoms with Gasteiger partial charge in [0.25, 0.3) is 5.91 Å². The second-order valence-electron chi connectivity index (χ2n) is 5.25. The van der Waals surface area contributed by atoms with Crippen LogP contribution >= 0.6 is 35.6 Å². The summed E-state index contributed by atoms with van der Waals surface area (Å²) < 4.78 is 5.70. The molecule has 0 aliphatic carbocycles. The first-order valence-electron chi connectivity index (χ1n) is 7.09. The zero-order valence-corrected chi connectivity index (χ0v) is 15.0. The lowest BCUT2D eigenvalue weighted by molar-refractivity contribution is -0.138. The van der Waals surface area contributed by atoms with Crippen LogP contribution in [0.15, 0.2) is 18.2 Å². The minimum atomic E-state index is -0.558. The summed E-state index contributed by atoms with van der Waals surface area (Å²) in [4.78, 5) is 14.4. The second-order valence-corrected chi connectivity index (χ2v) is 6.12. The van der Waals surface area contributed by atoms with Crippen molar-refractivity contribution in [1.82, 2.24) is 10.2 Å². The Balaban J connectivity index is 0.00000242. The van der Waals surface area contributed by atoms with E-state index in [9.17, 15) is 4.79 Å². The van der Waals surface area contributed by atoms with Crippen LogP contribution in [0.25, 0.3) is 0 Å². The van der Waals surface area contributed by atoms with Gasteiger partial charge >= 0.3 is 0 Å². The molecule has 1 aromatic rings. The molecule has 0 spiro atoms. The Morgan fingerprint density at radius 2 is 2.05 bits per heavy atom. The van der Waals surface area contributed by atoms with E-state index in [1.165, 1.54) is 0 Å². The molecule has 7 heteroatoms. The molecule has 1 saturated heterocycles. The lowest BCUT2D eigenvalue weighted by Gasteiger charge is -2.27. The van der Waals surface area contributed by atoms with Gasteiger partial charge in [-0.25, -0.2) is 0 Å². The number of carbonyl (C=O) groups excluding carboxylic acids is 1. The average Bonchev–Trinajstić information content (AvgIpc) is 2.85. The summed E-state index contributed by atoms with van der Waals surface area (Å²) in [6.07, 6.45) is 1.51. The van der Waals surface area contributed by atoms with Gasteiger partial charge in [0.1, 0.15) is 5.75 Å². The third kappa shape index (κ3) is 4.92. The Labute approximate surface area is 147 Å². The predicted octanol–water partition coefficient (Wildman–Crippen LogP) is 3.39. The van der Waals surface area contributed by atoms with Crippen LogP contribution in [0.5, 0.6) is 5.75 Å². The summed E-state index contributed by atoms with van der Waals surface area (Å²) in [5, 5.41) is 4.11. The van der Waals surface area contributed by atoms with Gasteiger partial charge in [-0.3, -0.25) is 4.79 Å². The maximum atomic E-state index is 12.5. The molecule has 2 atom stereocenters. The van der Waals surface area contributed by atoms with Crippen molar-refractivity contribution in [2.75, 3.05) is 20.1 Å². The van der Waals surface area contributed by atoms with Crippen molar-refractivity contribution in [2.45, 2.75) is 31.9 Å². The molecule has 2 rings (SSSR count). The van der Waals surface area contributed by atoms with E-state index >= 15 is 0 Å². The van der Waals surface area contributed by atoms with Gasteiger partial charge in [-0.05, 0) is 45.0 Å². The lowest BCUT2D eigenvalue weighted by Crippen LogP contribution is -2.46. The molecular formula is C15H21Cl3N2O2. The molecule has 22 heavy (non-hydrogen) atoms. The second kappa shape index (κ2) is 8.82. The molecule has 0 aromatic heterocycles. The summed E-state index contributed by atoms with van der Waals surface area (Å²) in [6.45, 7) is 3.35. The number of benzene rings is 1. The van der Waals surface area contributed by atoms with Crippen LogP contribution in [0.4, 0.5) is 0 Å². The maximum Gasteiger partial charge on any atom is 0.263 e. The number of likely N-dealkylation sites (N-methyl/N-ethyl adjacent to an activating group) is 1. The Hall–Kier alpha value is -0.680. The standard InChI is InChI=1S/C15H20Cl2N2O2.ClH/c1-10(21-14-7-11(16)6-12(17)8-14)15(20)19-5-3-4-13(19)9-18-2;/h6-8,10,13,18H,3-5,9H2,1-2H3;1H. The van der Waals surface area contributed by atoms with Gasteiger partial charge in [-0.1, -0.05) is 23.2 Å². The fourth-order valence-electron chi connectivity index (χ4n) is 2.66. The fourth-order valence-corrected chi connectivity index (χ4v) is 3.16. The topological polar surface area (TPSA) is 41.6 Å². The van der Waals surface area contributed by atoms with Crippen molar-refractivity contribution in [3.8, 4) is 5.75 Å². The van der Waals surface area contributed by atoms with Crippen molar-refractivity contribution in [3.05, 3.63) is 28.2 Å². The third-order valence-corrected chi connectivity index (χ3v) is 4.03. The first-order chi connectivity index (χ1) is 10.0. The first kappa shape index (κ1) is 19.4. The van der Waals surface area contributed by atoms with Crippen molar-refractivity contribution in [1.29, 1.82) is 0 Å². The number of nitrogens with zero attached hydrogens (tertiary/aromatic N) is 1. The summed E-state index contributed by atoms with van der Waals surface area (Å²) >= 11 is 11.9. The third-order valence-electron chi connectivity index (χ3n) is 3.60. The average molecular weight is 368 g/mol. The van der Waals surface area contributed by atoms with Crippen LogP contribution in [-0.4, -0.2) is 43.1 Å². The summed E-state index contributed by atoms with van der Waals surface area (Å²) in [6, 6.07) is 5.20. The molecule has 1 aliphatic heterocycles. The van der Waals surface area contributed by atoms with Crippen molar-refractivity contribution in [2.24, 2.45) is 0 Å². The number of carbonyl (C=O) groups is 1. The van der Waals surface area contributed by atoms with Gasteiger partial charge in [-0.15, -0.1) is 12.4 Å². The highest BCUT2D eigenvalue weighted by Crippen LogP contribution is 2.26. The van der Waals surface area contributed by atoms with Gasteiger partial charge in [-0.2, -0.15) is 0 Å². The Kier molecular flexibility index (Phi) is 7.77. The highest BCUT2D eigenvalue weighted by molar-refractivity contribution is 6.34. The van der Waals surface area contributed by atoms with E-state index in [0.717, 1.165) is 25.9 Å². The predicted molar refractivity (Wildman–Crippen MR) is 92.5 cm³/mol. The van der Waals surface area contributed by atoms with Gasteiger partial charge < -0.3 is 15.0 Å². The highest BCUT2D eigenvalue weighted by atomic mass is 35.5. The normalized spacial score (nSPS) is 18.7. The number of hydrogen-bond donors (Lipinski definition) is 1. The molecule has 1 aromatic carbocycles. The van der Waals surface area contributed by atoms with Gasteiger partial charge in [0.15, 0.2) is 6.10 Å². The smallest absolute Gasteiger partial charge is 0.263 e. The Bertz CT molecular complexity index is 493. The van der Waals surface area contributed by atoms with Crippen molar-refractivity contribution >= 4 is 41.5 Å². The molecule has 1 N–H and O–H groups in total. The number of hydrogen-bond acceptors (Lipinski definition) is 3. The molecule has 2 unspecified atom stereocenters. The van der Waals surface area contributed by atoms with Crippen LogP contribution in [-0.2, 0) is 4.79 Å². The van der Waals surface area contributed by atoms with Crippen LogP contribution in [0.1, 0.15) is 19.8 Å². The van der Waals surface area contributed by atoms with Crippen molar-refractivity contribution in [3.63, 3.8) is 0 Å². The molecule has 1 amide bonds. The molecular weight excluding hydrogens is 347 g/mol. The van der Waals surface area contributed by atoms with Crippen LogP contribution < -0.4 is 10.1 Å². The number of rotatable bonds is 5. The van der Waals surface area contributed by atoms with E-state index < -0.39 is 6.10 Å². The minimum absolute atomic E-state index is 0. The van der Waals surface area contributed by atoms with Gasteiger partial charge in [0.05, 0.1) is 0 Å². The molecule has 1 heterocycles. The number of ether oxygens (including phenoxy) is 1. The summed E-state index contributed by atoms with van der Waals surface area (Å²) in [5.41, 5.74) is 0. The van der Waals surface area contributed by atoms with Crippen LogP contribution in [0, 0.1) is 0 Å². The summed E-state index contributed by atoms with van der Waals surface area (Å²) in [5.74, 6) is 0.515. The number of likely N-dealkylation sites (tertiary alicyclic amines) is 1.